The molecule has 1 amide bonds. The van der Waals surface area contributed by atoms with Crippen molar-refractivity contribution in [3.63, 3.8) is 0 Å². The van der Waals surface area contributed by atoms with Crippen molar-refractivity contribution < 1.29 is 9.90 Å². The lowest BCUT2D eigenvalue weighted by Crippen LogP contribution is -2.50. The Bertz CT molecular complexity index is 827. The largest absolute Gasteiger partial charge is 0.392 e. The molecular formula is C21H30Cl2N4O2S. The lowest BCUT2D eigenvalue weighted by atomic mass is 9.70. The van der Waals surface area contributed by atoms with Crippen molar-refractivity contribution in [3.8, 4) is 0 Å². The van der Waals surface area contributed by atoms with Crippen LogP contribution >= 0.6 is 36.2 Å². The number of halogens is 2. The zero-order valence-electron chi connectivity index (χ0n) is 16.8. The molecular weight excluding hydrogens is 443 g/mol. The molecule has 0 unspecified atom stereocenters. The first-order chi connectivity index (χ1) is 13.5. The molecule has 1 aromatic carbocycles. The molecule has 1 saturated carbocycles. The van der Waals surface area contributed by atoms with Crippen molar-refractivity contribution >= 4 is 47.2 Å². The predicted octanol–water partition coefficient (Wildman–Crippen LogP) is 2.97. The molecule has 4 rings (SSSR count). The van der Waals surface area contributed by atoms with E-state index in [1.54, 1.807) is 0 Å². The highest BCUT2D eigenvalue weighted by Gasteiger charge is 2.42. The van der Waals surface area contributed by atoms with Gasteiger partial charge < -0.3 is 21.5 Å². The highest BCUT2D eigenvalue weighted by molar-refractivity contribution is 7.13. The van der Waals surface area contributed by atoms with Crippen molar-refractivity contribution in [2.45, 2.75) is 49.7 Å². The Kier molecular flexibility index (Phi) is 8.53. The molecule has 9 heteroatoms. The molecule has 30 heavy (non-hydrogen) atoms. The second kappa shape index (κ2) is 10.3. The Morgan fingerprint density at radius 3 is 2.40 bits per heavy atom. The van der Waals surface area contributed by atoms with E-state index in [0.29, 0.717) is 31.1 Å². The topological polar surface area (TPSA) is 105 Å². The number of aliphatic hydroxyl groups is 1. The first kappa shape index (κ1) is 24.9. The predicted molar refractivity (Wildman–Crippen MR) is 125 cm³/mol. The fourth-order valence-corrected chi connectivity index (χ4v) is 5.40. The summed E-state index contributed by atoms with van der Waals surface area (Å²) in [5.41, 5.74) is 14.0. The summed E-state index contributed by atoms with van der Waals surface area (Å²) in [6.07, 6.45) is 3.07. The van der Waals surface area contributed by atoms with Crippen molar-refractivity contribution in [1.29, 1.82) is 0 Å². The van der Waals surface area contributed by atoms with Gasteiger partial charge in [0, 0.05) is 35.8 Å². The summed E-state index contributed by atoms with van der Waals surface area (Å²) < 4.78 is 0. The maximum atomic E-state index is 13.0. The number of aromatic nitrogens is 1. The molecule has 5 N–H and O–H groups in total. The molecule has 3 atom stereocenters. The molecule has 1 saturated heterocycles. The minimum absolute atomic E-state index is 0. The van der Waals surface area contributed by atoms with Gasteiger partial charge in [0.2, 0.25) is 5.91 Å². The van der Waals surface area contributed by atoms with Crippen molar-refractivity contribution in [2.75, 3.05) is 18.8 Å². The number of nitrogens with zero attached hydrogens (tertiary/aromatic N) is 2. The number of benzene rings is 1. The van der Waals surface area contributed by atoms with Crippen LogP contribution in [0.2, 0.25) is 0 Å². The zero-order chi connectivity index (χ0) is 19.7. The van der Waals surface area contributed by atoms with E-state index in [-0.39, 0.29) is 48.1 Å². The SMILES string of the molecule is Cl.Cl.Nc1nc(C2(c3ccccc3)CCN(C(=O)[C@H]3CC[C@@H](O)[C@H](N)C3)CC2)cs1. The summed E-state index contributed by atoms with van der Waals surface area (Å²) in [5, 5.41) is 12.5. The number of nitrogen functional groups attached to an aromatic ring is 1. The van der Waals surface area contributed by atoms with Gasteiger partial charge in [-0.25, -0.2) is 4.98 Å². The second-order valence-electron chi connectivity index (χ2n) is 8.09. The fourth-order valence-electron chi connectivity index (χ4n) is 4.74. The number of hydrogen-bond donors (Lipinski definition) is 3. The number of aliphatic hydroxyl groups excluding tert-OH is 1. The van der Waals surface area contributed by atoms with E-state index in [2.05, 4.69) is 34.6 Å². The number of carbonyl (C=O) groups is 1. The summed E-state index contributed by atoms with van der Waals surface area (Å²) in [6.45, 7) is 1.39. The van der Waals surface area contributed by atoms with E-state index < -0.39 is 6.10 Å². The molecule has 0 radical (unpaired) electrons. The summed E-state index contributed by atoms with van der Waals surface area (Å²) in [6, 6.07) is 10.1. The zero-order valence-corrected chi connectivity index (χ0v) is 19.2. The van der Waals surface area contributed by atoms with Gasteiger partial charge in [-0.15, -0.1) is 36.2 Å². The average Bonchev–Trinajstić information content (AvgIpc) is 3.17. The van der Waals surface area contributed by atoms with Crippen LogP contribution in [0.15, 0.2) is 35.7 Å². The third kappa shape index (κ3) is 4.75. The number of thiazole rings is 1. The summed E-state index contributed by atoms with van der Waals surface area (Å²) in [5.74, 6) is 0.111. The number of hydrogen-bond acceptors (Lipinski definition) is 6. The molecule has 1 aliphatic heterocycles. The normalized spacial score (nSPS) is 25.7. The highest BCUT2D eigenvalue weighted by atomic mass is 35.5. The smallest absolute Gasteiger partial charge is 0.225 e. The molecule has 2 aromatic rings. The Labute approximate surface area is 193 Å². The van der Waals surface area contributed by atoms with Gasteiger partial charge in [0.1, 0.15) is 0 Å². The fraction of sp³-hybridized carbons (Fsp3) is 0.524. The summed E-state index contributed by atoms with van der Waals surface area (Å²) >= 11 is 1.47. The van der Waals surface area contributed by atoms with Gasteiger partial charge in [0.25, 0.3) is 0 Å². The van der Waals surface area contributed by atoms with Crippen LogP contribution in [0.3, 0.4) is 0 Å². The van der Waals surface area contributed by atoms with Gasteiger partial charge >= 0.3 is 0 Å². The molecule has 0 bridgehead atoms. The third-order valence-corrected chi connectivity index (χ3v) is 7.15. The van der Waals surface area contributed by atoms with Crippen LogP contribution < -0.4 is 11.5 Å². The van der Waals surface area contributed by atoms with E-state index in [1.807, 2.05) is 11.0 Å². The second-order valence-corrected chi connectivity index (χ2v) is 8.98. The molecule has 2 heterocycles. The Morgan fingerprint density at radius 1 is 1.17 bits per heavy atom. The molecule has 2 aliphatic rings. The standard InChI is InChI=1S/C21H28N4O2S.2ClH/c22-16-12-14(6-7-17(16)26)19(27)25-10-8-21(9-11-25,15-4-2-1-3-5-15)18-13-28-20(23)24-18;;/h1-5,13-14,16-17,26H,6-12,22H2,(H2,23,24);2*1H/t14-,16+,17+;;/m0../s1. The van der Waals surface area contributed by atoms with Crippen LogP contribution in [0, 0.1) is 5.92 Å². The number of likely N-dealkylation sites (tertiary alicyclic amines) is 1. The maximum absolute atomic E-state index is 13.0. The van der Waals surface area contributed by atoms with Crippen LogP contribution in [0.5, 0.6) is 0 Å². The van der Waals surface area contributed by atoms with E-state index >= 15 is 0 Å². The van der Waals surface area contributed by atoms with Crippen LogP contribution in [0.4, 0.5) is 5.13 Å². The van der Waals surface area contributed by atoms with Crippen molar-refractivity contribution in [2.24, 2.45) is 11.7 Å². The van der Waals surface area contributed by atoms with Crippen LogP contribution in [0.25, 0.3) is 0 Å². The van der Waals surface area contributed by atoms with Crippen molar-refractivity contribution in [3.05, 3.63) is 47.0 Å². The Morgan fingerprint density at radius 2 is 1.83 bits per heavy atom. The minimum atomic E-state index is -0.480. The first-order valence-electron chi connectivity index (χ1n) is 9.99. The minimum Gasteiger partial charge on any atom is -0.392 e. The molecule has 6 nitrogen and oxygen atoms in total. The van der Waals surface area contributed by atoms with E-state index in [1.165, 1.54) is 16.9 Å². The van der Waals surface area contributed by atoms with Gasteiger partial charge in [0.15, 0.2) is 5.13 Å². The van der Waals surface area contributed by atoms with Gasteiger partial charge in [-0.1, -0.05) is 30.3 Å². The number of piperidine rings is 1. The summed E-state index contributed by atoms with van der Waals surface area (Å²) in [4.78, 5) is 19.6. The van der Waals surface area contributed by atoms with E-state index in [0.717, 1.165) is 25.0 Å². The number of nitrogens with two attached hydrogens (primary N) is 2. The molecule has 1 aromatic heterocycles. The van der Waals surface area contributed by atoms with Crippen molar-refractivity contribution in [1.82, 2.24) is 9.88 Å². The Hall–Kier alpha value is -1.38. The number of anilines is 1. The lowest BCUT2D eigenvalue weighted by Gasteiger charge is -2.43. The number of rotatable bonds is 3. The highest BCUT2D eigenvalue weighted by Crippen LogP contribution is 2.42. The number of amides is 1. The molecule has 166 valence electrons. The third-order valence-electron chi connectivity index (χ3n) is 6.48. The monoisotopic (exact) mass is 472 g/mol. The summed E-state index contributed by atoms with van der Waals surface area (Å²) in [7, 11) is 0. The molecule has 1 aliphatic carbocycles. The van der Waals surface area contributed by atoms with E-state index in [9.17, 15) is 9.90 Å². The van der Waals surface area contributed by atoms with Gasteiger partial charge in [-0.2, -0.15) is 0 Å². The average molecular weight is 473 g/mol. The van der Waals surface area contributed by atoms with Gasteiger partial charge in [0.05, 0.1) is 11.8 Å². The van der Waals surface area contributed by atoms with Crippen LogP contribution in [-0.4, -0.2) is 46.1 Å². The maximum Gasteiger partial charge on any atom is 0.225 e. The lowest BCUT2D eigenvalue weighted by molar-refractivity contribution is -0.139. The first-order valence-corrected chi connectivity index (χ1v) is 10.9. The van der Waals surface area contributed by atoms with Gasteiger partial charge in [-0.05, 0) is 37.7 Å². The van der Waals surface area contributed by atoms with Gasteiger partial charge in [-0.3, -0.25) is 4.79 Å². The number of carbonyl (C=O) groups excluding carboxylic acids is 1. The Balaban J connectivity index is 0.00000160. The molecule has 2 fully saturated rings. The quantitative estimate of drug-likeness (QED) is 0.636. The van der Waals surface area contributed by atoms with Crippen LogP contribution in [-0.2, 0) is 10.2 Å². The van der Waals surface area contributed by atoms with Crippen LogP contribution in [0.1, 0.15) is 43.4 Å². The van der Waals surface area contributed by atoms with E-state index in [4.69, 9.17) is 11.5 Å². The molecule has 0 spiro atoms.